The second kappa shape index (κ2) is 5.47. The normalized spacial score (nSPS) is 27.9. The van der Waals surface area contributed by atoms with E-state index in [2.05, 4.69) is 4.72 Å². The average Bonchev–Trinajstić information content (AvgIpc) is 2.80. The minimum atomic E-state index is -3.80. The number of sulfonamides is 1. The van der Waals surface area contributed by atoms with E-state index in [9.17, 15) is 13.2 Å². The summed E-state index contributed by atoms with van der Waals surface area (Å²) in [5, 5.41) is 9.47. The van der Waals surface area contributed by atoms with Crippen LogP contribution in [0.3, 0.4) is 0 Å². The van der Waals surface area contributed by atoms with Gasteiger partial charge in [0.25, 0.3) is 0 Å². The van der Waals surface area contributed by atoms with Crippen LogP contribution in [0.15, 0.2) is 18.2 Å². The van der Waals surface area contributed by atoms with Gasteiger partial charge < -0.3 is 0 Å². The van der Waals surface area contributed by atoms with E-state index in [0.717, 1.165) is 6.42 Å². The highest BCUT2D eigenvalue weighted by molar-refractivity contribution is 7.92. The van der Waals surface area contributed by atoms with Crippen LogP contribution in [0.25, 0.3) is 0 Å². The van der Waals surface area contributed by atoms with Crippen molar-refractivity contribution in [2.24, 2.45) is 16.7 Å². The Morgan fingerprint density at radius 2 is 2.12 bits per heavy atom. The molecule has 0 aromatic heterocycles. The number of Topliss-reactive ketones (excluding diaryl/α,β-unsaturated/α-hetero) is 1. The quantitative estimate of drug-likeness (QED) is 0.885. The molecule has 1 aromatic rings. The van der Waals surface area contributed by atoms with E-state index in [1.54, 1.807) is 0 Å². The molecule has 2 aliphatic carbocycles. The lowest BCUT2D eigenvalue weighted by Gasteiger charge is -2.36. The lowest BCUT2D eigenvalue weighted by Crippen LogP contribution is -2.43. The summed E-state index contributed by atoms with van der Waals surface area (Å²) in [6.45, 7) is 3.98. The lowest BCUT2D eigenvalue weighted by molar-refractivity contribution is -0.128. The van der Waals surface area contributed by atoms with Crippen LogP contribution < -0.4 is 4.72 Å². The molecule has 0 amide bonds. The van der Waals surface area contributed by atoms with Crippen molar-refractivity contribution in [1.29, 1.82) is 5.26 Å². The fraction of sp³-hybridized carbons (Fsp3) is 0.529. The number of rotatable bonds is 4. The van der Waals surface area contributed by atoms with E-state index < -0.39 is 15.4 Å². The van der Waals surface area contributed by atoms with E-state index in [1.807, 2.05) is 19.9 Å². The van der Waals surface area contributed by atoms with Crippen LogP contribution >= 0.6 is 11.6 Å². The third kappa shape index (κ3) is 2.51. The predicted molar refractivity (Wildman–Crippen MR) is 92.1 cm³/mol. The van der Waals surface area contributed by atoms with Crippen LogP contribution in [0, 0.1) is 28.1 Å². The molecule has 3 rings (SSSR count). The SMILES string of the molecule is CC1(C)[C@@H]2CC[C@]1(CS(=O)(=O)Nc1cc(Cl)ccc1C#N)C(=O)C2. The number of nitrogens with one attached hydrogen (secondary N) is 1. The van der Waals surface area contributed by atoms with Gasteiger partial charge in [-0.2, -0.15) is 5.26 Å². The van der Waals surface area contributed by atoms with Crippen molar-refractivity contribution in [3.8, 4) is 6.07 Å². The molecule has 0 saturated heterocycles. The molecule has 2 bridgehead atoms. The molecule has 0 spiro atoms. The van der Waals surface area contributed by atoms with Crippen molar-refractivity contribution >= 4 is 33.1 Å². The van der Waals surface area contributed by atoms with Gasteiger partial charge in [0.05, 0.1) is 22.4 Å². The fourth-order valence-electron chi connectivity index (χ4n) is 4.33. The van der Waals surface area contributed by atoms with Crippen molar-refractivity contribution in [2.45, 2.75) is 33.1 Å². The number of ketones is 1. The van der Waals surface area contributed by atoms with Gasteiger partial charge in [-0.15, -0.1) is 0 Å². The van der Waals surface area contributed by atoms with E-state index >= 15 is 0 Å². The van der Waals surface area contributed by atoms with Crippen LogP contribution in [0.5, 0.6) is 0 Å². The van der Waals surface area contributed by atoms with Crippen molar-refractivity contribution in [2.75, 3.05) is 10.5 Å². The second-order valence-corrected chi connectivity index (χ2v) is 9.49. The average molecular weight is 367 g/mol. The summed E-state index contributed by atoms with van der Waals surface area (Å²) in [6.07, 6.45) is 1.95. The Kier molecular flexibility index (Phi) is 3.93. The van der Waals surface area contributed by atoms with Crippen LogP contribution in [-0.2, 0) is 14.8 Å². The molecule has 0 unspecified atom stereocenters. The summed E-state index contributed by atoms with van der Waals surface area (Å²) in [5.41, 5.74) is -0.818. The maximum Gasteiger partial charge on any atom is 0.233 e. The third-order valence-electron chi connectivity index (χ3n) is 5.94. The first-order valence-electron chi connectivity index (χ1n) is 7.85. The molecule has 5 nitrogen and oxygen atoms in total. The zero-order valence-corrected chi connectivity index (χ0v) is 15.2. The number of hydrogen-bond acceptors (Lipinski definition) is 4. The molecule has 7 heteroatoms. The molecule has 24 heavy (non-hydrogen) atoms. The zero-order valence-electron chi connectivity index (χ0n) is 13.6. The minimum Gasteiger partial charge on any atom is -0.299 e. The molecule has 2 fully saturated rings. The number of carbonyl (C=O) groups is 1. The van der Waals surface area contributed by atoms with Gasteiger partial charge in [0.1, 0.15) is 11.9 Å². The van der Waals surface area contributed by atoms with Gasteiger partial charge in [-0.3, -0.25) is 9.52 Å². The van der Waals surface area contributed by atoms with Gasteiger partial charge in [0, 0.05) is 11.4 Å². The summed E-state index contributed by atoms with van der Waals surface area (Å²) < 4.78 is 27.9. The lowest BCUT2D eigenvalue weighted by atomic mass is 9.70. The summed E-state index contributed by atoms with van der Waals surface area (Å²) >= 11 is 5.90. The highest BCUT2D eigenvalue weighted by atomic mass is 35.5. The van der Waals surface area contributed by atoms with Crippen LogP contribution in [-0.4, -0.2) is 20.0 Å². The van der Waals surface area contributed by atoms with E-state index in [-0.39, 0.29) is 34.1 Å². The van der Waals surface area contributed by atoms with Crippen molar-refractivity contribution < 1.29 is 13.2 Å². The molecule has 1 N–H and O–H groups in total. The van der Waals surface area contributed by atoms with Crippen LogP contribution in [0.1, 0.15) is 38.7 Å². The number of halogens is 1. The Bertz CT molecular complexity index is 857. The number of carbonyl (C=O) groups excluding carboxylic acids is 1. The summed E-state index contributed by atoms with van der Waals surface area (Å²) in [4.78, 5) is 12.5. The van der Waals surface area contributed by atoms with Crippen molar-refractivity contribution in [3.63, 3.8) is 0 Å². The van der Waals surface area contributed by atoms with Gasteiger partial charge in [-0.1, -0.05) is 25.4 Å². The van der Waals surface area contributed by atoms with Crippen LogP contribution in [0.2, 0.25) is 5.02 Å². The molecule has 128 valence electrons. The van der Waals surface area contributed by atoms with Gasteiger partial charge >= 0.3 is 0 Å². The topological polar surface area (TPSA) is 87.0 Å². The Morgan fingerprint density at radius 3 is 2.67 bits per heavy atom. The molecule has 2 aliphatic rings. The smallest absolute Gasteiger partial charge is 0.233 e. The summed E-state index contributed by atoms with van der Waals surface area (Å²) in [7, 11) is -3.80. The summed E-state index contributed by atoms with van der Waals surface area (Å²) in [6, 6.07) is 6.35. The Labute approximate surface area is 147 Å². The standard InChI is InChI=1S/C17H19ClN2O3S/c1-16(2)12-5-6-17(16,15(21)7-12)10-24(22,23)20-14-8-13(18)4-3-11(14)9-19/h3-4,8,12,20H,5-7,10H2,1-2H3/t12-,17+/m1/s1. The molecule has 2 atom stereocenters. The third-order valence-corrected chi connectivity index (χ3v) is 7.58. The molecule has 2 saturated carbocycles. The van der Waals surface area contributed by atoms with E-state index in [4.69, 9.17) is 16.9 Å². The van der Waals surface area contributed by atoms with Crippen molar-refractivity contribution in [3.05, 3.63) is 28.8 Å². The minimum absolute atomic E-state index is 0.0423. The van der Waals surface area contributed by atoms with Gasteiger partial charge in [-0.25, -0.2) is 8.42 Å². The Balaban J connectivity index is 1.92. The van der Waals surface area contributed by atoms with E-state index in [1.165, 1.54) is 18.2 Å². The first-order chi connectivity index (χ1) is 11.1. The summed E-state index contributed by atoms with van der Waals surface area (Å²) in [5.74, 6) is 0.0430. The van der Waals surface area contributed by atoms with Gasteiger partial charge in [-0.05, 0) is 42.4 Å². The number of nitrogens with zero attached hydrogens (tertiary/aromatic N) is 1. The molecule has 0 radical (unpaired) electrons. The highest BCUT2D eigenvalue weighted by Gasteiger charge is 2.65. The zero-order chi connectivity index (χ0) is 17.8. The molecule has 1 aromatic carbocycles. The van der Waals surface area contributed by atoms with Gasteiger partial charge in [0.2, 0.25) is 10.0 Å². The maximum absolute atomic E-state index is 12.7. The second-order valence-electron chi connectivity index (χ2n) is 7.33. The first kappa shape index (κ1) is 17.2. The molecule has 0 heterocycles. The van der Waals surface area contributed by atoms with E-state index in [0.29, 0.717) is 17.9 Å². The maximum atomic E-state index is 12.7. The first-order valence-corrected chi connectivity index (χ1v) is 9.88. The Hall–Kier alpha value is -1.58. The molecule has 0 aliphatic heterocycles. The fourth-order valence-corrected chi connectivity index (χ4v) is 6.41. The number of fused-ring (bicyclic) bond motifs is 2. The Morgan fingerprint density at radius 1 is 1.42 bits per heavy atom. The number of hydrogen-bond donors (Lipinski definition) is 1. The van der Waals surface area contributed by atoms with Gasteiger partial charge in [0.15, 0.2) is 0 Å². The predicted octanol–water partition coefficient (Wildman–Crippen LogP) is 3.35. The molecular formula is C17H19ClN2O3S. The molecular weight excluding hydrogens is 348 g/mol. The van der Waals surface area contributed by atoms with Crippen LogP contribution in [0.4, 0.5) is 5.69 Å². The number of anilines is 1. The van der Waals surface area contributed by atoms with Crippen molar-refractivity contribution in [1.82, 2.24) is 0 Å². The highest BCUT2D eigenvalue weighted by Crippen LogP contribution is 2.64. The monoisotopic (exact) mass is 366 g/mol. The number of benzene rings is 1. The number of nitriles is 1. The largest absolute Gasteiger partial charge is 0.299 e.